The minimum absolute atomic E-state index is 0.0534. The summed E-state index contributed by atoms with van der Waals surface area (Å²) in [7, 11) is -2.41. The van der Waals surface area contributed by atoms with E-state index in [1.807, 2.05) is 0 Å². The number of ether oxygens (including phenoxy) is 1. The highest BCUT2D eigenvalue weighted by atomic mass is 35.5. The van der Waals surface area contributed by atoms with Crippen LogP contribution in [0.15, 0.2) is 53.4 Å². The first-order valence-electron chi connectivity index (χ1n) is 7.52. The Morgan fingerprint density at radius 1 is 1.28 bits per heavy atom. The number of hydrogen-bond donors (Lipinski definition) is 0. The van der Waals surface area contributed by atoms with Gasteiger partial charge in [0.2, 0.25) is 0 Å². The first kappa shape index (κ1) is 17.9. The summed E-state index contributed by atoms with van der Waals surface area (Å²) in [6, 6.07) is 13.6. The van der Waals surface area contributed by atoms with Crippen molar-refractivity contribution in [1.82, 2.24) is 0 Å². The van der Waals surface area contributed by atoms with Gasteiger partial charge in [0, 0.05) is 18.1 Å². The molecule has 4 nitrogen and oxygen atoms in total. The lowest BCUT2D eigenvalue weighted by molar-refractivity contribution is 0.162. The number of rotatable bonds is 5. The van der Waals surface area contributed by atoms with E-state index in [0.29, 0.717) is 10.6 Å². The van der Waals surface area contributed by atoms with Crippen molar-refractivity contribution in [3.8, 4) is 6.07 Å². The van der Waals surface area contributed by atoms with Gasteiger partial charge >= 0.3 is 0 Å². The predicted octanol–water partition coefficient (Wildman–Crippen LogP) is 3.58. The summed E-state index contributed by atoms with van der Waals surface area (Å²) >= 11 is 5.82. The molecular weight excluding hydrogens is 365 g/mol. The highest BCUT2D eigenvalue weighted by molar-refractivity contribution is 7.92. The molecule has 130 valence electrons. The van der Waals surface area contributed by atoms with Gasteiger partial charge in [0.1, 0.15) is 11.2 Å². The second-order valence-corrected chi connectivity index (χ2v) is 8.54. The molecular formula is C18H15ClFNO3S. The molecule has 0 saturated heterocycles. The summed E-state index contributed by atoms with van der Waals surface area (Å²) in [6.45, 7) is -0.0534. The fraction of sp³-hybridized carbons (Fsp3) is 0.278. The number of hydrogen-bond acceptors (Lipinski definition) is 4. The van der Waals surface area contributed by atoms with Crippen molar-refractivity contribution in [2.45, 2.75) is 16.1 Å². The summed E-state index contributed by atoms with van der Waals surface area (Å²) in [5.41, 5.74) is -0.776. The molecule has 2 aromatic carbocycles. The molecule has 0 radical (unpaired) electrons. The fourth-order valence-corrected chi connectivity index (χ4v) is 5.82. The summed E-state index contributed by atoms with van der Waals surface area (Å²) < 4.78 is 44.9. The maximum Gasteiger partial charge on any atom is 0.183 e. The van der Waals surface area contributed by atoms with E-state index in [4.69, 9.17) is 16.3 Å². The third kappa shape index (κ3) is 2.93. The van der Waals surface area contributed by atoms with Gasteiger partial charge in [-0.2, -0.15) is 5.26 Å². The zero-order valence-corrected chi connectivity index (χ0v) is 14.9. The minimum atomic E-state index is -3.82. The van der Waals surface area contributed by atoms with E-state index in [2.05, 4.69) is 6.07 Å². The molecule has 0 unspecified atom stereocenters. The largest absolute Gasteiger partial charge is 0.383 e. The molecule has 0 bridgehead atoms. The van der Waals surface area contributed by atoms with E-state index in [1.165, 1.54) is 49.6 Å². The van der Waals surface area contributed by atoms with Crippen LogP contribution in [0, 0.1) is 22.6 Å². The van der Waals surface area contributed by atoms with Crippen LogP contribution in [0.25, 0.3) is 0 Å². The third-order valence-electron chi connectivity index (χ3n) is 4.53. The molecule has 0 spiro atoms. The molecule has 2 aromatic rings. The molecule has 1 saturated carbocycles. The van der Waals surface area contributed by atoms with Crippen molar-refractivity contribution in [2.75, 3.05) is 13.7 Å². The maximum absolute atomic E-state index is 13.6. The average molecular weight is 380 g/mol. The quantitative estimate of drug-likeness (QED) is 0.796. The molecule has 1 aliphatic rings. The molecule has 0 aliphatic heterocycles. The predicted molar refractivity (Wildman–Crippen MR) is 91.5 cm³/mol. The SMILES string of the molecule is COC[C@]1(C#N)[C@H](c2cccc(F)c2)[C@H]1S(=O)(=O)c1ccc(Cl)cc1. The Morgan fingerprint density at radius 2 is 1.96 bits per heavy atom. The number of sulfone groups is 1. The lowest BCUT2D eigenvalue weighted by Crippen LogP contribution is -2.19. The molecule has 3 atom stereocenters. The number of halogens is 2. The van der Waals surface area contributed by atoms with E-state index in [0.717, 1.165) is 0 Å². The number of nitrogens with zero attached hydrogens (tertiary/aromatic N) is 1. The number of methoxy groups -OCH3 is 1. The lowest BCUT2D eigenvalue weighted by Gasteiger charge is -2.08. The molecule has 25 heavy (non-hydrogen) atoms. The zero-order valence-electron chi connectivity index (χ0n) is 13.3. The van der Waals surface area contributed by atoms with E-state index in [1.54, 1.807) is 6.07 Å². The average Bonchev–Trinajstić information content (AvgIpc) is 3.26. The van der Waals surface area contributed by atoms with E-state index < -0.39 is 32.2 Å². The fourth-order valence-electron chi connectivity index (χ4n) is 3.38. The lowest BCUT2D eigenvalue weighted by atomic mass is 10.0. The van der Waals surface area contributed by atoms with Crippen LogP contribution < -0.4 is 0 Å². The van der Waals surface area contributed by atoms with Crippen molar-refractivity contribution in [3.63, 3.8) is 0 Å². The minimum Gasteiger partial charge on any atom is -0.383 e. The molecule has 0 heterocycles. The zero-order chi connectivity index (χ0) is 18.2. The standard InChI is InChI=1S/C18H15ClFNO3S/c1-24-11-18(10-21)16(12-3-2-4-14(20)9-12)17(18)25(22,23)15-7-5-13(19)6-8-15/h2-9,16-17H,11H2,1H3/t16-,17-,18-/m1/s1. The normalized spacial score (nSPS) is 25.4. The van der Waals surface area contributed by atoms with Gasteiger partial charge in [-0.3, -0.25) is 0 Å². The van der Waals surface area contributed by atoms with Crippen LogP contribution in [0.4, 0.5) is 4.39 Å². The van der Waals surface area contributed by atoms with Crippen molar-refractivity contribution >= 4 is 21.4 Å². The maximum atomic E-state index is 13.6. The first-order valence-corrected chi connectivity index (χ1v) is 9.44. The van der Waals surface area contributed by atoms with E-state index in [9.17, 15) is 18.1 Å². The Bertz CT molecular complexity index is 940. The topological polar surface area (TPSA) is 67.2 Å². The molecule has 0 aromatic heterocycles. The van der Waals surface area contributed by atoms with Crippen molar-refractivity contribution < 1.29 is 17.5 Å². The molecule has 1 fully saturated rings. The van der Waals surface area contributed by atoms with Gasteiger partial charge in [-0.1, -0.05) is 23.7 Å². The van der Waals surface area contributed by atoms with E-state index in [-0.39, 0.29) is 11.5 Å². The van der Waals surface area contributed by atoms with Crippen LogP contribution in [0.1, 0.15) is 11.5 Å². The van der Waals surface area contributed by atoms with Gasteiger partial charge in [-0.15, -0.1) is 0 Å². The summed E-state index contributed by atoms with van der Waals surface area (Å²) in [4.78, 5) is 0.0801. The Hall–Kier alpha value is -1.94. The van der Waals surface area contributed by atoms with Crippen LogP contribution in [-0.2, 0) is 14.6 Å². The van der Waals surface area contributed by atoms with Gasteiger partial charge in [0.05, 0.1) is 22.8 Å². The smallest absolute Gasteiger partial charge is 0.183 e. The monoisotopic (exact) mass is 379 g/mol. The van der Waals surface area contributed by atoms with Gasteiger partial charge in [-0.05, 0) is 42.0 Å². The van der Waals surface area contributed by atoms with Gasteiger partial charge in [-0.25, -0.2) is 12.8 Å². The van der Waals surface area contributed by atoms with Crippen molar-refractivity contribution in [1.29, 1.82) is 5.26 Å². The number of nitriles is 1. The van der Waals surface area contributed by atoms with Crippen LogP contribution in [0.3, 0.4) is 0 Å². The summed E-state index contributed by atoms with van der Waals surface area (Å²) in [5.74, 6) is -1.13. The Labute approximate surface area is 150 Å². The second kappa shape index (κ2) is 6.41. The highest BCUT2D eigenvalue weighted by Crippen LogP contribution is 2.63. The Kier molecular flexibility index (Phi) is 4.58. The van der Waals surface area contributed by atoms with Gasteiger partial charge in [0.25, 0.3) is 0 Å². The van der Waals surface area contributed by atoms with Crippen LogP contribution >= 0.6 is 11.6 Å². The molecule has 3 rings (SSSR count). The molecule has 0 N–H and O–H groups in total. The number of benzene rings is 2. The van der Waals surface area contributed by atoms with Gasteiger partial charge in [0.15, 0.2) is 9.84 Å². The Balaban J connectivity index is 2.09. The third-order valence-corrected chi connectivity index (χ3v) is 7.07. The first-order chi connectivity index (χ1) is 11.9. The Morgan fingerprint density at radius 3 is 2.52 bits per heavy atom. The highest BCUT2D eigenvalue weighted by Gasteiger charge is 2.72. The van der Waals surface area contributed by atoms with E-state index >= 15 is 0 Å². The summed E-state index contributed by atoms with van der Waals surface area (Å²) in [5, 5.41) is 9.11. The molecule has 1 aliphatic carbocycles. The summed E-state index contributed by atoms with van der Waals surface area (Å²) in [6.07, 6.45) is 0. The molecule has 0 amide bonds. The van der Waals surface area contributed by atoms with Crippen molar-refractivity contribution in [2.24, 2.45) is 5.41 Å². The van der Waals surface area contributed by atoms with Crippen molar-refractivity contribution in [3.05, 3.63) is 64.9 Å². The second-order valence-electron chi connectivity index (χ2n) is 6.04. The van der Waals surface area contributed by atoms with Crippen LogP contribution in [0.2, 0.25) is 5.02 Å². The van der Waals surface area contributed by atoms with Crippen LogP contribution in [-0.4, -0.2) is 27.4 Å². The van der Waals surface area contributed by atoms with Gasteiger partial charge < -0.3 is 4.74 Å². The van der Waals surface area contributed by atoms with Crippen LogP contribution in [0.5, 0.6) is 0 Å². The molecule has 7 heteroatoms.